The van der Waals surface area contributed by atoms with Crippen molar-refractivity contribution >= 4 is 46.2 Å². The average molecular weight is 537 g/mol. The third-order valence-electron chi connectivity index (χ3n) is 6.48. The largest absolute Gasteiger partial charge is 0.391 e. The Morgan fingerprint density at radius 2 is 1.78 bits per heavy atom. The van der Waals surface area contributed by atoms with E-state index in [1.807, 2.05) is 34.5 Å². The molecule has 2 fully saturated rings. The molecule has 1 unspecified atom stereocenters. The first-order valence-corrected chi connectivity index (χ1v) is 14.2. The Balaban J connectivity index is 1.49. The minimum absolute atomic E-state index is 0.436. The van der Waals surface area contributed by atoms with Crippen LogP contribution in [0.25, 0.3) is 10.6 Å². The number of aliphatic hydroxyl groups is 1. The molecule has 0 saturated carbocycles. The first kappa shape index (κ1) is 24.9. The van der Waals surface area contributed by atoms with Gasteiger partial charge in [-0.3, -0.25) is 0 Å². The van der Waals surface area contributed by atoms with E-state index in [2.05, 4.69) is 17.0 Å². The van der Waals surface area contributed by atoms with E-state index in [-0.39, 0.29) is 0 Å². The molecule has 0 radical (unpaired) electrons. The van der Waals surface area contributed by atoms with Gasteiger partial charge >= 0.3 is 0 Å². The van der Waals surface area contributed by atoms with E-state index in [4.69, 9.17) is 21.6 Å². The van der Waals surface area contributed by atoms with Gasteiger partial charge in [0.05, 0.1) is 17.5 Å². The summed E-state index contributed by atoms with van der Waals surface area (Å²) in [6, 6.07) is 12.3. The van der Waals surface area contributed by atoms with Gasteiger partial charge in [0.15, 0.2) is 0 Å². The minimum atomic E-state index is -0.440. The van der Waals surface area contributed by atoms with Gasteiger partial charge in [0.1, 0.15) is 39.1 Å². The lowest BCUT2D eigenvalue weighted by Gasteiger charge is -2.32. The molecule has 1 atom stereocenters. The zero-order valence-corrected chi connectivity index (χ0v) is 22.0. The number of halogens is 1. The SMILES string of the molecule is N#Cc1c(SCc2csc(-c3ccc(Cl)cc3)n2)nc(N2CCC(O)C2)c(C#N)c1N1CCCCC1. The van der Waals surface area contributed by atoms with Crippen molar-refractivity contribution in [2.75, 3.05) is 36.0 Å². The summed E-state index contributed by atoms with van der Waals surface area (Å²) in [6.07, 6.45) is 3.41. The van der Waals surface area contributed by atoms with E-state index in [1.165, 1.54) is 11.8 Å². The molecule has 3 aromatic rings. The second kappa shape index (κ2) is 11.1. The van der Waals surface area contributed by atoms with E-state index in [0.717, 1.165) is 48.6 Å². The molecule has 0 spiro atoms. The number of piperidine rings is 1. The van der Waals surface area contributed by atoms with Crippen LogP contribution in [0.15, 0.2) is 34.7 Å². The van der Waals surface area contributed by atoms with Crippen molar-refractivity contribution in [3.63, 3.8) is 0 Å². The number of rotatable bonds is 6. The number of aromatic nitrogens is 2. The fourth-order valence-electron chi connectivity index (χ4n) is 4.69. The number of nitrogens with zero attached hydrogens (tertiary/aromatic N) is 6. The van der Waals surface area contributed by atoms with Crippen LogP contribution in [0.3, 0.4) is 0 Å². The second-order valence-corrected chi connectivity index (χ2v) is 11.2. The van der Waals surface area contributed by atoms with Crippen LogP contribution in [0, 0.1) is 22.7 Å². The molecular weight excluding hydrogens is 512 g/mol. The number of aliphatic hydroxyl groups excluding tert-OH is 1. The van der Waals surface area contributed by atoms with Crippen molar-refractivity contribution < 1.29 is 5.11 Å². The van der Waals surface area contributed by atoms with Crippen molar-refractivity contribution in [1.82, 2.24) is 9.97 Å². The Hall–Kier alpha value is -2.82. The third-order valence-corrected chi connectivity index (χ3v) is 8.68. The molecule has 5 rings (SSSR count). The monoisotopic (exact) mass is 536 g/mol. The number of β-amino-alcohol motifs (C(OH)–C–C–N with tert-alkyl or cyclic N) is 1. The number of benzene rings is 1. The van der Waals surface area contributed by atoms with Crippen molar-refractivity contribution in [3.8, 4) is 22.7 Å². The lowest BCUT2D eigenvalue weighted by atomic mass is 10.0. The van der Waals surface area contributed by atoms with E-state index in [1.54, 1.807) is 11.3 Å². The molecule has 0 aliphatic carbocycles. The normalized spacial score (nSPS) is 17.7. The van der Waals surface area contributed by atoms with Crippen LogP contribution in [-0.4, -0.2) is 47.4 Å². The number of hydrogen-bond acceptors (Lipinski definition) is 9. The maximum absolute atomic E-state index is 10.2. The zero-order valence-electron chi connectivity index (χ0n) is 19.7. The zero-order chi connectivity index (χ0) is 25.1. The van der Waals surface area contributed by atoms with Gasteiger partial charge in [-0.2, -0.15) is 10.5 Å². The Morgan fingerprint density at radius 3 is 2.44 bits per heavy atom. The molecule has 1 aromatic carbocycles. The number of pyridine rings is 1. The molecule has 4 heterocycles. The maximum Gasteiger partial charge on any atom is 0.150 e. The topological polar surface area (TPSA) is 100 Å². The molecule has 184 valence electrons. The predicted molar refractivity (Wildman–Crippen MR) is 145 cm³/mol. The molecule has 0 bridgehead atoms. The number of thioether (sulfide) groups is 1. The van der Waals surface area contributed by atoms with Crippen LogP contribution >= 0.6 is 34.7 Å². The van der Waals surface area contributed by atoms with Crippen molar-refractivity contribution in [1.29, 1.82) is 10.5 Å². The summed E-state index contributed by atoms with van der Waals surface area (Å²) in [7, 11) is 0. The molecule has 0 amide bonds. The highest BCUT2D eigenvalue weighted by Gasteiger charge is 2.30. The predicted octanol–water partition coefficient (Wildman–Crippen LogP) is 5.46. The number of nitriles is 2. The second-order valence-electron chi connectivity index (χ2n) is 8.94. The van der Waals surface area contributed by atoms with Crippen LogP contribution in [0.1, 0.15) is 42.5 Å². The Labute approximate surface area is 224 Å². The number of anilines is 2. The molecule has 36 heavy (non-hydrogen) atoms. The molecule has 2 aliphatic heterocycles. The number of thiazole rings is 1. The summed E-state index contributed by atoms with van der Waals surface area (Å²) in [5, 5.41) is 34.7. The Bertz CT molecular complexity index is 1320. The van der Waals surface area contributed by atoms with Crippen molar-refractivity contribution in [2.45, 2.75) is 42.6 Å². The maximum atomic E-state index is 10.2. The molecule has 7 nitrogen and oxygen atoms in total. The first-order valence-electron chi connectivity index (χ1n) is 12.0. The summed E-state index contributed by atoms with van der Waals surface area (Å²) >= 11 is 9.05. The number of hydrogen-bond donors (Lipinski definition) is 1. The first-order chi connectivity index (χ1) is 17.6. The van der Waals surface area contributed by atoms with Gasteiger partial charge in [-0.1, -0.05) is 35.5 Å². The van der Waals surface area contributed by atoms with Crippen molar-refractivity contribution in [3.05, 3.63) is 51.5 Å². The van der Waals surface area contributed by atoms with E-state index < -0.39 is 6.10 Å². The standard InChI is InChI=1S/C26H25ClN6OS2/c27-18-6-4-17(5-7-18)25-30-19(15-35-25)16-36-26-22(13-29)23(32-9-2-1-3-10-32)21(12-28)24(31-26)33-11-8-20(34)14-33/h4-7,15,20,34H,1-3,8-11,14,16H2. The molecular formula is C26H25ClN6OS2. The van der Waals surface area contributed by atoms with Crippen LogP contribution in [0.5, 0.6) is 0 Å². The Morgan fingerprint density at radius 1 is 1.03 bits per heavy atom. The molecule has 1 N–H and O–H groups in total. The van der Waals surface area contributed by atoms with Gasteiger partial charge in [-0.25, -0.2) is 9.97 Å². The van der Waals surface area contributed by atoms with Gasteiger partial charge in [0.25, 0.3) is 0 Å². The van der Waals surface area contributed by atoms with Crippen molar-refractivity contribution in [2.24, 2.45) is 0 Å². The summed E-state index contributed by atoms with van der Waals surface area (Å²) in [5.41, 5.74) is 3.49. The van der Waals surface area contributed by atoms with Gasteiger partial charge in [0, 0.05) is 47.9 Å². The summed E-state index contributed by atoms with van der Waals surface area (Å²) in [6.45, 7) is 2.70. The highest BCUT2D eigenvalue weighted by molar-refractivity contribution is 7.98. The fraction of sp³-hybridized carbons (Fsp3) is 0.385. The van der Waals surface area contributed by atoms with Gasteiger partial charge in [-0.05, 0) is 37.8 Å². The summed E-state index contributed by atoms with van der Waals surface area (Å²) < 4.78 is 0. The van der Waals surface area contributed by atoms with Gasteiger partial charge < -0.3 is 14.9 Å². The summed E-state index contributed by atoms with van der Waals surface area (Å²) in [5.74, 6) is 1.12. The molecule has 2 aliphatic rings. The van der Waals surface area contributed by atoms with E-state index >= 15 is 0 Å². The summed E-state index contributed by atoms with van der Waals surface area (Å²) in [4.78, 5) is 13.8. The smallest absolute Gasteiger partial charge is 0.150 e. The molecule has 2 aromatic heterocycles. The molecule has 2 saturated heterocycles. The molecule has 10 heteroatoms. The average Bonchev–Trinajstić information content (AvgIpc) is 3.56. The quantitative estimate of drug-likeness (QED) is 0.415. The Kier molecular flexibility index (Phi) is 7.64. The highest BCUT2D eigenvalue weighted by Crippen LogP contribution is 2.40. The van der Waals surface area contributed by atoms with Gasteiger partial charge in [-0.15, -0.1) is 11.3 Å². The highest BCUT2D eigenvalue weighted by atomic mass is 35.5. The van der Waals surface area contributed by atoms with Crippen LogP contribution < -0.4 is 9.80 Å². The van der Waals surface area contributed by atoms with Crippen LogP contribution in [0.4, 0.5) is 11.5 Å². The van der Waals surface area contributed by atoms with E-state index in [0.29, 0.717) is 57.9 Å². The lowest BCUT2D eigenvalue weighted by molar-refractivity contribution is 0.198. The fourth-order valence-corrected chi connectivity index (χ4v) is 6.61. The van der Waals surface area contributed by atoms with Gasteiger partial charge in [0.2, 0.25) is 0 Å². The van der Waals surface area contributed by atoms with Crippen LogP contribution in [0.2, 0.25) is 5.02 Å². The minimum Gasteiger partial charge on any atom is -0.391 e. The third kappa shape index (κ3) is 5.16. The lowest BCUT2D eigenvalue weighted by Crippen LogP contribution is -2.32. The van der Waals surface area contributed by atoms with E-state index in [9.17, 15) is 15.6 Å². The van der Waals surface area contributed by atoms with Crippen LogP contribution in [-0.2, 0) is 5.75 Å².